The Morgan fingerprint density at radius 2 is 1.89 bits per heavy atom. The van der Waals surface area contributed by atoms with Gasteiger partial charge in [-0.15, -0.1) is 0 Å². The summed E-state index contributed by atoms with van der Waals surface area (Å²) in [7, 11) is -3.58. The molecule has 1 fully saturated rings. The lowest BCUT2D eigenvalue weighted by Gasteiger charge is -2.16. The van der Waals surface area contributed by atoms with Gasteiger partial charge in [0.1, 0.15) is 0 Å². The van der Waals surface area contributed by atoms with Crippen LogP contribution in [0.1, 0.15) is 42.6 Å². The maximum absolute atomic E-state index is 12.8. The Kier molecular flexibility index (Phi) is 5.84. The average Bonchev–Trinajstić information content (AvgIpc) is 3.06. The van der Waals surface area contributed by atoms with Gasteiger partial charge in [-0.25, -0.2) is 8.42 Å². The molecule has 0 unspecified atom stereocenters. The van der Waals surface area contributed by atoms with Crippen molar-refractivity contribution >= 4 is 27.3 Å². The highest BCUT2D eigenvalue weighted by Gasteiger charge is 2.25. The largest absolute Gasteiger partial charge is 0.338 e. The van der Waals surface area contributed by atoms with Crippen LogP contribution in [0, 0.1) is 0 Å². The standard InChI is InChI=1S/C21H24N2O4S/c1-15(2)28(26,27)19-10-4-3-9-18(19)21(25)22-17-8-5-7-16(13-17)14-23-12-6-11-20(23)24/h3-5,7-10,13,15H,6,11-12,14H2,1-2H3,(H,22,25). The van der Waals surface area contributed by atoms with Gasteiger partial charge in [-0.05, 0) is 50.1 Å². The molecule has 148 valence electrons. The van der Waals surface area contributed by atoms with Gasteiger partial charge in [0.15, 0.2) is 9.84 Å². The maximum Gasteiger partial charge on any atom is 0.256 e. The molecule has 1 heterocycles. The highest BCUT2D eigenvalue weighted by Crippen LogP contribution is 2.22. The fraction of sp³-hybridized carbons (Fsp3) is 0.333. The van der Waals surface area contributed by atoms with Crippen molar-refractivity contribution in [1.29, 1.82) is 0 Å². The smallest absolute Gasteiger partial charge is 0.256 e. The predicted octanol–water partition coefficient (Wildman–Crippen LogP) is 3.24. The summed E-state index contributed by atoms with van der Waals surface area (Å²) in [4.78, 5) is 26.4. The first-order chi connectivity index (χ1) is 13.3. The second-order valence-electron chi connectivity index (χ2n) is 7.16. The van der Waals surface area contributed by atoms with E-state index < -0.39 is 21.0 Å². The zero-order valence-corrected chi connectivity index (χ0v) is 16.8. The van der Waals surface area contributed by atoms with Crippen LogP contribution < -0.4 is 5.32 Å². The van der Waals surface area contributed by atoms with Crippen molar-refractivity contribution in [2.45, 2.75) is 43.4 Å². The summed E-state index contributed by atoms with van der Waals surface area (Å²) in [6, 6.07) is 13.5. The number of benzene rings is 2. The zero-order chi connectivity index (χ0) is 20.3. The normalized spacial score (nSPS) is 14.5. The second-order valence-corrected chi connectivity index (χ2v) is 9.64. The molecule has 0 aromatic heterocycles. The van der Waals surface area contributed by atoms with Gasteiger partial charge in [-0.1, -0.05) is 24.3 Å². The average molecular weight is 401 g/mol. The number of rotatable bonds is 6. The molecule has 0 aliphatic carbocycles. The lowest BCUT2D eigenvalue weighted by molar-refractivity contribution is -0.128. The SMILES string of the molecule is CC(C)S(=O)(=O)c1ccccc1C(=O)Nc1cccc(CN2CCCC2=O)c1. The van der Waals surface area contributed by atoms with Crippen molar-refractivity contribution in [2.75, 3.05) is 11.9 Å². The van der Waals surface area contributed by atoms with Crippen LogP contribution in [0.4, 0.5) is 5.69 Å². The maximum atomic E-state index is 12.8. The topological polar surface area (TPSA) is 83.6 Å². The van der Waals surface area contributed by atoms with Crippen LogP contribution in [0.25, 0.3) is 0 Å². The van der Waals surface area contributed by atoms with Crippen molar-refractivity contribution in [3.8, 4) is 0 Å². The summed E-state index contributed by atoms with van der Waals surface area (Å²) >= 11 is 0. The molecule has 2 amide bonds. The number of likely N-dealkylation sites (tertiary alicyclic amines) is 1. The molecule has 1 aliphatic heterocycles. The van der Waals surface area contributed by atoms with E-state index in [2.05, 4.69) is 5.32 Å². The monoisotopic (exact) mass is 400 g/mol. The highest BCUT2D eigenvalue weighted by molar-refractivity contribution is 7.92. The molecule has 0 saturated carbocycles. The van der Waals surface area contributed by atoms with Gasteiger partial charge < -0.3 is 10.2 Å². The predicted molar refractivity (Wildman–Crippen MR) is 108 cm³/mol. The van der Waals surface area contributed by atoms with Gasteiger partial charge in [0.05, 0.1) is 15.7 Å². The van der Waals surface area contributed by atoms with Crippen LogP contribution in [-0.2, 0) is 21.2 Å². The number of hydrogen-bond donors (Lipinski definition) is 1. The van der Waals surface area contributed by atoms with Gasteiger partial charge >= 0.3 is 0 Å². The minimum absolute atomic E-state index is 0.0290. The summed E-state index contributed by atoms with van der Waals surface area (Å²) in [5, 5.41) is 2.16. The number of carbonyl (C=O) groups excluding carboxylic acids is 2. The first-order valence-electron chi connectivity index (χ1n) is 9.30. The second kappa shape index (κ2) is 8.14. The summed E-state index contributed by atoms with van der Waals surface area (Å²) in [6.07, 6.45) is 1.45. The van der Waals surface area contributed by atoms with Gasteiger partial charge in [0.25, 0.3) is 5.91 Å². The van der Waals surface area contributed by atoms with E-state index in [4.69, 9.17) is 0 Å². The van der Waals surface area contributed by atoms with Gasteiger partial charge in [-0.2, -0.15) is 0 Å². The van der Waals surface area contributed by atoms with E-state index in [0.29, 0.717) is 18.7 Å². The number of anilines is 1. The van der Waals surface area contributed by atoms with Crippen LogP contribution in [0.3, 0.4) is 0 Å². The fourth-order valence-electron chi connectivity index (χ4n) is 3.19. The van der Waals surface area contributed by atoms with E-state index in [9.17, 15) is 18.0 Å². The summed E-state index contributed by atoms with van der Waals surface area (Å²) < 4.78 is 25.1. The number of nitrogens with one attached hydrogen (secondary N) is 1. The highest BCUT2D eigenvalue weighted by atomic mass is 32.2. The molecule has 28 heavy (non-hydrogen) atoms. The molecule has 6 nitrogen and oxygen atoms in total. The Morgan fingerprint density at radius 1 is 1.14 bits per heavy atom. The third-order valence-electron chi connectivity index (χ3n) is 4.79. The molecule has 1 aliphatic rings. The van der Waals surface area contributed by atoms with Crippen molar-refractivity contribution in [2.24, 2.45) is 0 Å². The Bertz CT molecular complexity index is 999. The van der Waals surface area contributed by atoms with E-state index in [0.717, 1.165) is 18.5 Å². The van der Waals surface area contributed by atoms with Crippen molar-refractivity contribution in [3.05, 3.63) is 59.7 Å². The van der Waals surface area contributed by atoms with Crippen LogP contribution >= 0.6 is 0 Å². The van der Waals surface area contributed by atoms with E-state index in [1.165, 1.54) is 12.1 Å². The van der Waals surface area contributed by atoms with Gasteiger partial charge in [0, 0.05) is 25.2 Å². The van der Waals surface area contributed by atoms with E-state index in [-0.39, 0.29) is 16.4 Å². The van der Waals surface area contributed by atoms with Crippen LogP contribution in [-0.4, -0.2) is 36.9 Å². The molecule has 3 rings (SSSR count). The third-order valence-corrected chi connectivity index (χ3v) is 7.00. The summed E-state index contributed by atoms with van der Waals surface area (Å²) in [6.45, 7) is 4.43. The first-order valence-corrected chi connectivity index (χ1v) is 10.8. The van der Waals surface area contributed by atoms with Crippen molar-refractivity contribution in [1.82, 2.24) is 4.90 Å². The number of carbonyl (C=O) groups is 2. The molecule has 0 bridgehead atoms. The van der Waals surface area contributed by atoms with Crippen molar-refractivity contribution in [3.63, 3.8) is 0 Å². The molecular weight excluding hydrogens is 376 g/mol. The Hall–Kier alpha value is -2.67. The minimum Gasteiger partial charge on any atom is -0.338 e. The number of hydrogen-bond acceptors (Lipinski definition) is 4. The lowest BCUT2D eigenvalue weighted by Crippen LogP contribution is -2.24. The molecule has 1 saturated heterocycles. The Balaban J connectivity index is 1.81. The van der Waals surface area contributed by atoms with E-state index >= 15 is 0 Å². The molecule has 2 aromatic rings. The van der Waals surface area contributed by atoms with Crippen LogP contribution in [0.2, 0.25) is 0 Å². The fourth-order valence-corrected chi connectivity index (χ4v) is 4.44. The molecule has 7 heteroatoms. The zero-order valence-electron chi connectivity index (χ0n) is 16.0. The number of sulfone groups is 1. The van der Waals surface area contributed by atoms with Crippen molar-refractivity contribution < 1.29 is 18.0 Å². The number of amides is 2. The summed E-state index contributed by atoms with van der Waals surface area (Å²) in [5.74, 6) is -0.337. The summed E-state index contributed by atoms with van der Waals surface area (Å²) in [5.41, 5.74) is 1.60. The lowest BCUT2D eigenvalue weighted by atomic mass is 10.1. The third kappa shape index (κ3) is 4.25. The molecule has 2 aromatic carbocycles. The molecular formula is C21H24N2O4S. The first kappa shape index (κ1) is 20.1. The van der Waals surface area contributed by atoms with Crippen LogP contribution in [0.15, 0.2) is 53.4 Å². The minimum atomic E-state index is -3.58. The van der Waals surface area contributed by atoms with Crippen LogP contribution in [0.5, 0.6) is 0 Å². The number of nitrogens with zero attached hydrogens (tertiary/aromatic N) is 1. The quantitative estimate of drug-likeness (QED) is 0.807. The van der Waals surface area contributed by atoms with Gasteiger partial charge in [-0.3, -0.25) is 9.59 Å². The molecule has 0 atom stereocenters. The van der Waals surface area contributed by atoms with E-state index in [1.54, 1.807) is 36.9 Å². The van der Waals surface area contributed by atoms with E-state index in [1.807, 2.05) is 18.2 Å². The Labute approximate surface area is 165 Å². The molecule has 0 radical (unpaired) electrons. The molecule has 1 N–H and O–H groups in total. The molecule has 0 spiro atoms. The Morgan fingerprint density at radius 3 is 2.57 bits per heavy atom. The van der Waals surface area contributed by atoms with Gasteiger partial charge in [0.2, 0.25) is 5.91 Å².